The summed E-state index contributed by atoms with van der Waals surface area (Å²) in [5.74, 6) is 0. The molecule has 0 amide bonds. The fourth-order valence-electron chi connectivity index (χ4n) is 2.70. The van der Waals surface area contributed by atoms with E-state index in [0.29, 0.717) is 21.0 Å². The molecule has 0 bridgehead atoms. The first-order valence-corrected chi connectivity index (χ1v) is 9.19. The largest absolute Gasteiger partial charge is 0.219 e. The normalized spacial score (nSPS) is 10.2. The number of nitriles is 4. The Balaban J connectivity index is 2.10. The third-order valence-corrected chi connectivity index (χ3v) is 5.96. The maximum atomic E-state index is 8.95. The van der Waals surface area contributed by atoms with E-state index in [-0.39, 0.29) is 11.4 Å². The second-order valence-corrected chi connectivity index (χ2v) is 7.47. The molecule has 28 heavy (non-hydrogen) atoms. The van der Waals surface area contributed by atoms with Crippen molar-refractivity contribution in [1.29, 1.82) is 21.0 Å². The zero-order valence-electron chi connectivity index (χ0n) is 14.0. The average molecular weight is 399 g/mol. The highest BCUT2D eigenvalue weighted by molar-refractivity contribution is 7.30. The summed E-state index contributed by atoms with van der Waals surface area (Å²) in [5.41, 5.74) is 0.851. The second kappa shape index (κ2) is 6.53. The fourth-order valence-corrected chi connectivity index (χ4v) is 4.93. The van der Waals surface area contributed by atoms with E-state index in [4.69, 9.17) is 21.0 Å². The van der Waals surface area contributed by atoms with Crippen LogP contribution in [-0.2, 0) is 7.05 Å². The highest BCUT2D eigenvalue weighted by Crippen LogP contribution is 2.46. The molecule has 1 aromatic carbocycles. The Morgan fingerprint density at radius 1 is 0.821 bits per heavy atom. The van der Waals surface area contributed by atoms with Gasteiger partial charge in [0.1, 0.15) is 45.3 Å². The van der Waals surface area contributed by atoms with Crippen LogP contribution in [0.3, 0.4) is 0 Å². The third kappa shape index (κ3) is 2.65. The van der Waals surface area contributed by atoms with Crippen LogP contribution in [0.15, 0.2) is 22.1 Å². The van der Waals surface area contributed by atoms with Crippen molar-refractivity contribution < 1.29 is 0 Å². The zero-order chi connectivity index (χ0) is 19.8. The van der Waals surface area contributed by atoms with E-state index in [9.17, 15) is 0 Å². The number of fused-ring (bicyclic) bond motifs is 6. The van der Waals surface area contributed by atoms with Gasteiger partial charge in [0.05, 0.1) is 9.40 Å². The summed E-state index contributed by atoms with van der Waals surface area (Å²) >= 11 is 2.64. The molecule has 0 unspecified atom stereocenters. The minimum Gasteiger partial charge on any atom is -0.216 e. The molecule has 0 N–H and O–H groups in total. The number of hydrogen-bond donors (Lipinski definition) is 0. The molecule has 0 aliphatic rings. The van der Waals surface area contributed by atoms with Gasteiger partial charge in [0.25, 0.3) is 0 Å². The van der Waals surface area contributed by atoms with E-state index in [1.165, 1.54) is 27.5 Å². The molecule has 9 nitrogen and oxygen atoms in total. The molecule has 0 aliphatic heterocycles. The van der Waals surface area contributed by atoms with E-state index >= 15 is 0 Å². The van der Waals surface area contributed by atoms with Gasteiger partial charge < -0.3 is 0 Å². The van der Waals surface area contributed by atoms with Gasteiger partial charge in [-0.3, -0.25) is 0 Å². The van der Waals surface area contributed by atoms with Crippen LogP contribution >= 0.6 is 22.7 Å². The van der Waals surface area contributed by atoms with Crippen molar-refractivity contribution in [3.8, 4) is 24.3 Å². The lowest BCUT2D eigenvalue weighted by Crippen LogP contribution is -1.90. The molecule has 130 valence electrons. The van der Waals surface area contributed by atoms with Crippen molar-refractivity contribution >= 4 is 75.3 Å². The van der Waals surface area contributed by atoms with E-state index in [0.717, 1.165) is 20.2 Å². The molecule has 0 atom stereocenters. The predicted molar refractivity (Wildman–Crippen MR) is 106 cm³/mol. The number of hydrogen-bond acceptors (Lipinski definition) is 10. The van der Waals surface area contributed by atoms with Crippen molar-refractivity contribution in [3.63, 3.8) is 0 Å². The van der Waals surface area contributed by atoms with E-state index < -0.39 is 0 Å². The quantitative estimate of drug-likeness (QED) is 0.469. The number of thiophene rings is 2. The number of nitrogens with zero attached hydrogens (tertiary/aromatic N) is 9. The van der Waals surface area contributed by atoms with Crippen LogP contribution < -0.4 is 0 Å². The minimum absolute atomic E-state index is 0.234. The topological polar surface area (TPSA) is 151 Å². The van der Waals surface area contributed by atoms with Crippen LogP contribution in [-0.4, -0.2) is 26.4 Å². The maximum absolute atomic E-state index is 8.95. The number of aryl methyl sites for hydroxylation is 1. The molecule has 3 heterocycles. The van der Waals surface area contributed by atoms with Crippen LogP contribution in [0.4, 0.5) is 10.0 Å². The SMILES string of the molecule is Cn1nc2c3cc(N=C(C#N)C#N)sc3c3sc(N=C(C#N)C#N)cc3c2n1. The summed E-state index contributed by atoms with van der Waals surface area (Å²) in [5, 5.41) is 47.3. The Kier molecular flexibility index (Phi) is 4.03. The lowest BCUT2D eigenvalue weighted by atomic mass is 10.1. The van der Waals surface area contributed by atoms with Crippen molar-refractivity contribution in [2.75, 3.05) is 0 Å². The van der Waals surface area contributed by atoms with Gasteiger partial charge in [-0.05, 0) is 12.1 Å². The molecule has 0 spiro atoms. The van der Waals surface area contributed by atoms with Crippen LogP contribution in [0.1, 0.15) is 0 Å². The van der Waals surface area contributed by atoms with Crippen LogP contribution in [0.2, 0.25) is 0 Å². The van der Waals surface area contributed by atoms with Crippen LogP contribution in [0, 0.1) is 45.3 Å². The molecule has 0 saturated carbocycles. The van der Waals surface area contributed by atoms with Gasteiger partial charge in [0.15, 0.2) is 0 Å². The Labute approximate surface area is 164 Å². The summed E-state index contributed by atoms with van der Waals surface area (Å²) in [7, 11) is 1.71. The van der Waals surface area contributed by atoms with Gasteiger partial charge in [-0.1, -0.05) is 0 Å². The molecule has 4 rings (SSSR count). The van der Waals surface area contributed by atoms with Crippen molar-refractivity contribution in [1.82, 2.24) is 15.0 Å². The highest BCUT2D eigenvalue weighted by atomic mass is 32.1. The van der Waals surface area contributed by atoms with Crippen LogP contribution in [0.5, 0.6) is 0 Å². The lowest BCUT2D eigenvalue weighted by molar-refractivity contribution is 0.666. The Hall–Kier alpha value is -4.16. The van der Waals surface area contributed by atoms with Crippen LogP contribution in [0.25, 0.3) is 31.2 Å². The molecule has 4 aromatic rings. The van der Waals surface area contributed by atoms with Crippen molar-refractivity contribution in [3.05, 3.63) is 12.1 Å². The first kappa shape index (κ1) is 17.3. The van der Waals surface area contributed by atoms with E-state index in [1.807, 2.05) is 0 Å². The monoisotopic (exact) mass is 399 g/mol. The first-order valence-electron chi connectivity index (χ1n) is 7.55. The van der Waals surface area contributed by atoms with E-state index in [2.05, 4.69) is 20.2 Å². The summed E-state index contributed by atoms with van der Waals surface area (Å²) in [6, 6.07) is 10.5. The summed E-state index contributed by atoms with van der Waals surface area (Å²) in [4.78, 5) is 9.62. The molecule has 0 aliphatic carbocycles. The van der Waals surface area contributed by atoms with Crippen molar-refractivity contribution in [2.45, 2.75) is 0 Å². The number of aromatic nitrogens is 3. The molecular formula is C17H5N9S2. The van der Waals surface area contributed by atoms with Gasteiger partial charge in [0, 0.05) is 17.8 Å². The summed E-state index contributed by atoms with van der Waals surface area (Å²) in [6.45, 7) is 0. The van der Waals surface area contributed by atoms with Gasteiger partial charge in [-0.2, -0.15) is 36.0 Å². The Morgan fingerprint density at radius 3 is 1.57 bits per heavy atom. The third-order valence-electron chi connectivity index (χ3n) is 3.74. The molecule has 0 radical (unpaired) electrons. The predicted octanol–water partition coefficient (Wildman–Crippen LogP) is 3.64. The number of benzene rings is 1. The minimum atomic E-state index is -0.234. The van der Waals surface area contributed by atoms with Gasteiger partial charge in [-0.25, -0.2) is 9.98 Å². The lowest BCUT2D eigenvalue weighted by Gasteiger charge is -1.93. The second-order valence-electron chi connectivity index (χ2n) is 5.41. The summed E-state index contributed by atoms with van der Waals surface area (Å²) in [6.07, 6.45) is 0. The standard InChI is InChI=1S/C17H5N9S2/c1-26-24-14-10-2-12(22-8(4-18)5-19)27-16(10)17-11(15(14)25-26)3-13(28-17)23-9(6-20)7-21/h2-3H,1H3. The molecule has 3 aromatic heterocycles. The van der Waals surface area contributed by atoms with Gasteiger partial charge >= 0.3 is 0 Å². The van der Waals surface area contributed by atoms with Crippen molar-refractivity contribution in [2.24, 2.45) is 17.0 Å². The fraction of sp³-hybridized carbons (Fsp3) is 0.0588. The first-order chi connectivity index (χ1) is 13.6. The van der Waals surface area contributed by atoms with Gasteiger partial charge in [-0.15, -0.1) is 22.7 Å². The smallest absolute Gasteiger partial charge is 0.216 e. The summed E-state index contributed by atoms with van der Waals surface area (Å²) < 4.78 is 1.72. The molecule has 11 heteroatoms. The maximum Gasteiger partial charge on any atom is 0.219 e. The molecular weight excluding hydrogens is 394 g/mol. The Morgan fingerprint density at radius 2 is 1.21 bits per heavy atom. The number of rotatable bonds is 2. The zero-order valence-corrected chi connectivity index (χ0v) is 15.6. The Bertz CT molecular complexity index is 1370. The van der Waals surface area contributed by atoms with Gasteiger partial charge in [0.2, 0.25) is 11.4 Å². The number of aliphatic imine (C=N–C) groups is 2. The molecule has 0 fully saturated rings. The average Bonchev–Trinajstić information content (AvgIpc) is 3.39. The van der Waals surface area contributed by atoms with E-state index in [1.54, 1.807) is 43.5 Å². The molecule has 0 saturated heterocycles. The highest BCUT2D eigenvalue weighted by Gasteiger charge is 2.18.